The summed E-state index contributed by atoms with van der Waals surface area (Å²) in [5.74, 6) is -78.1. The van der Waals surface area contributed by atoms with Crippen LogP contribution < -0.4 is 0 Å². The largest absolute Gasteiger partial charge is 0.450 e. The van der Waals surface area contributed by atoms with E-state index in [4.69, 9.17) is 4.74 Å². The maximum atomic E-state index is 15.3. The Morgan fingerprint density at radius 2 is 0.907 bits per heavy atom. The average molecular weight is 1820 g/mol. The standard InChI is InChI=1S/C20H24F10O5.C16H17F11O5.C16H21F7O5.C11H11F7O5/c1-10(2)32-9-33-19(20(28,29)30)17(23,24)15(34-14(31)11(3)18(25,26)27)16(21,22)13(35-19)12-7-5-4-6-8-12;1-8(17)9(28)32-12(15(22,23)24)11(18,19)6-30-14(13(12,20)21,16(25,26)27)31-7-29-5-10(2,3)4;1-6-9(24)27-11-13(17,18)10(12(3,4)5)28-15(14(11,19)20,16(21,22)23)26-8-25-7-2;1-3-6(19)23-7-8(12,13)4-21-10(9(7,14)15,11(16,17)18)22-5-20-2/h10,12-13,15H,3-9H2,1-2H3;1,5-7H2,2-4H3;6,10-11H,1,7-8H2,2-5H3;3,7H,1,4-5H2,2H3. The number of esters is 4. The lowest BCUT2D eigenvalue weighted by molar-refractivity contribution is -0.539. The highest BCUT2D eigenvalue weighted by atomic mass is 19.4. The van der Waals surface area contributed by atoms with Gasteiger partial charge in [-0.3, -0.25) is 0 Å². The molecule has 0 N–H and O–H groups in total. The summed E-state index contributed by atoms with van der Waals surface area (Å²) < 4.78 is 554. The van der Waals surface area contributed by atoms with E-state index < -0.39 is 249 Å². The van der Waals surface area contributed by atoms with Crippen LogP contribution in [0.25, 0.3) is 0 Å². The van der Waals surface area contributed by atoms with Crippen molar-refractivity contribution < 1.29 is 249 Å². The van der Waals surface area contributed by atoms with Gasteiger partial charge < -0.3 is 75.8 Å². The molecular weight excluding hydrogens is 1740 g/mol. The fourth-order valence-electron chi connectivity index (χ4n) is 10.9. The molecule has 10 atom stereocenters. The minimum absolute atomic E-state index is 0.155. The first-order valence-electron chi connectivity index (χ1n) is 32.6. The molecule has 1 aliphatic carbocycles. The Bertz CT molecular complexity index is 3410. The fourth-order valence-corrected chi connectivity index (χ4v) is 10.9. The van der Waals surface area contributed by atoms with Crippen molar-refractivity contribution in [3.63, 3.8) is 0 Å². The molecule has 0 radical (unpaired) electrons. The molecule has 5 aliphatic rings. The number of halogens is 35. The van der Waals surface area contributed by atoms with Crippen molar-refractivity contribution in [2.24, 2.45) is 16.7 Å². The van der Waals surface area contributed by atoms with E-state index in [0.717, 1.165) is 27.9 Å². The molecule has 0 bridgehead atoms. The second kappa shape index (κ2) is 37.1. The highest BCUT2D eigenvalue weighted by Crippen LogP contribution is 2.66. The number of alkyl halides is 34. The number of rotatable bonds is 24. The van der Waals surface area contributed by atoms with E-state index in [1.54, 1.807) is 0 Å². The van der Waals surface area contributed by atoms with Gasteiger partial charge in [0.15, 0.2) is 20.4 Å². The van der Waals surface area contributed by atoms with Gasteiger partial charge in [-0.25, -0.2) is 19.2 Å². The molecule has 10 unspecified atom stereocenters. The summed E-state index contributed by atoms with van der Waals surface area (Å²) in [5.41, 5.74) is -11.6. The lowest BCUT2D eigenvalue weighted by Gasteiger charge is -2.54. The summed E-state index contributed by atoms with van der Waals surface area (Å²) in [6.07, 6.45) is -54.7. The molecule has 1 saturated carbocycles. The molecule has 118 heavy (non-hydrogen) atoms. The third-order valence-electron chi connectivity index (χ3n) is 16.3. The van der Waals surface area contributed by atoms with Gasteiger partial charge in [0.25, 0.3) is 0 Å². The molecule has 55 heteroatoms. The van der Waals surface area contributed by atoms with Gasteiger partial charge in [0, 0.05) is 25.9 Å². The maximum Gasteiger partial charge on any atom is 0.450 e. The second-order valence-corrected chi connectivity index (χ2v) is 27.8. The van der Waals surface area contributed by atoms with Gasteiger partial charge in [0.05, 0.1) is 12.7 Å². The third kappa shape index (κ3) is 21.7. The number of hydrogen-bond donors (Lipinski definition) is 0. The normalized spacial score (nSPS) is 29.4. The van der Waals surface area contributed by atoms with Crippen LogP contribution in [0.2, 0.25) is 0 Å². The summed E-state index contributed by atoms with van der Waals surface area (Å²) in [6.45, 7) is 9.69. The van der Waals surface area contributed by atoms with E-state index in [1.165, 1.54) is 41.5 Å². The molecule has 0 spiro atoms. The monoisotopic (exact) mass is 1810 g/mol. The number of carbonyl (C=O) groups is 4. The van der Waals surface area contributed by atoms with Crippen molar-refractivity contribution in [2.75, 3.05) is 60.7 Å². The lowest BCUT2D eigenvalue weighted by Crippen LogP contribution is -2.84. The molecular formula is C63H73F35O20. The Morgan fingerprint density at radius 3 is 1.31 bits per heavy atom. The molecule has 690 valence electrons. The van der Waals surface area contributed by atoms with E-state index in [1.807, 2.05) is 0 Å². The summed E-state index contributed by atoms with van der Waals surface area (Å²) in [5, 5.41) is 0. The van der Waals surface area contributed by atoms with Gasteiger partial charge in [-0.1, -0.05) is 87.1 Å². The van der Waals surface area contributed by atoms with Crippen molar-refractivity contribution in [2.45, 2.75) is 244 Å². The summed E-state index contributed by atoms with van der Waals surface area (Å²) in [4.78, 5) is 45.3. The predicted molar refractivity (Wildman–Crippen MR) is 317 cm³/mol. The van der Waals surface area contributed by atoms with Gasteiger partial charge in [-0.2, -0.15) is 154 Å². The van der Waals surface area contributed by atoms with Gasteiger partial charge >= 0.3 is 137 Å². The maximum absolute atomic E-state index is 15.3. The number of carbonyl (C=O) groups excluding carboxylic acids is 4. The van der Waals surface area contributed by atoms with E-state index in [9.17, 15) is 155 Å². The SMILES string of the molecule is C=C(C(=O)OC1C(F)(F)C(C2CCCCC2)OC(OCOC(C)C)(C(F)(F)F)C1(F)F)C(F)(F)F.C=C(F)C(=O)OC1(C(F)(F)F)C(F)(F)COC(OCOCC(C)(C)C)(C(F)(F)F)C1(F)F.C=CC(=O)OC1C(F)(F)C(C(C)(C)C)OC(OCOCC)(C(F)(F)F)C1(F)F.C=CC(=O)OC1C(F)(F)COC(OCOC)(C(F)(F)F)C1(F)F. The van der Waals surface area contributed by atoms with Crippen molar-refractivity contribution in [3.05, 3.63) is 49.9 Å². The Hall–Kier alpha value is -6.09. The smallest absolute Gasteiger partial charge is 0.446 e. The molecule has 0 amide bonds. The van der Waals surface area contributed by atoms with Gasteiger partial charge in [-0.15, -0.1) is 0 Å². The Morgan fingerprint density at radius 1 is 0.500 bits per heavy atom. The lowest BCUT2D eigenvalue weighted by atomic mass is 9.78. The van der Waals surface area contributed by atoms with Crippen molar-refractivity contribution >= 4 is 23.9 Å². The quantitative estimate of drug-likeness (QED) is 0.0219. The van der Waals surface area contributed by atoms with Gasteiger partial charge in [-0.05, 0) is 50.4 Å². The Labute approximate surface area is 643 Å². The van der Waals surface area contributed by atoms with Crippen LogP contribution in [0.4, 0.5) is 154 Å². The fraction of sp³-hybridized carbons (Fsp3) is 0.810. The van der Waals surface area contributed by atoms with Crippen LogP contribution >= 0.6 is 0 Å². The molecule has 0 aromatic heterocycles. The summed E-state index contributed by atoms with van der Waals surface area (Å²) in [7, 11) is 0.814. The highest BCUT2D eigenvalue weighted by molar-refractivity contribution is 5.89. The van der Waals surface area contributed by atoms with Crippen molar-refractivity contribution in [3.8, 4) is 0 Å². The van der Waals surface area contributed by atoms with Gasteiger partial charge in [0.2, 0.25) is 24.1 Å². The minimum Gasteiger partial charge on any atom is -0.446 e. The van der Waals surface area contributed by atoms with Crippen LogP contribution in [-0.4, -0.2) is 234 Å². The number of ether oxygens (including phenoxy) is 16. The molecule has 4 aliphatic heterocycles. The van der Waals surface area contributed by atoms with E-state index in [-0.39, 0.29) is 44.4 Å². The summed E-state index contributed by atoms with van der Waals surface area (Å²) in [6, 6.07) is 0. The molecule has 5 fully saturated rings. The van der Waals surface area contributed by atoms with E-state index >= 15 is 17.6 Å². The zero-order chi connectivity index (χ0) is 92.9. The zero-order valence-electron chi connectivity index (χ0n) is 62.1. The Balaban J connectivity index is 0.000000539. The first-order valence-corrected chi connectivity index (χ1v) is 32.6. The highest BCUT2D eigenvalue weighted by Gasteiger charge is 2.97. The molecule has 0 aromatic rings. The van der Waals surface area contributed by atoms with Crippen LogP contribution in [0.15, 0.2) is 49.9 Å². The van der Waals surface area contributed by atoms with Crippen molar-refractivity contribution in [1.82, 2.24) is 0 Å². The molecule has 4 heterocycles. The van der Waals surface area contributed by atoms with E-state index in [0.29, 0.717) is 6.42 Å². The number of hydrogen-bond acceptors (Lipinski definition) is 20. The minimum atomic E-state index is -7.10. The predicted octanol–water partition coefficient (Wildman–Crippen LogP) is 17.2. The summed E-state index contributed by atoms with van der Waals surface area (Å²) >= 11 is 0. The average Bonchev–Trinajstić information content (AvgIpc) is 0.677. The van der Waals surface area contributed by atoms with Crippen LogP contribution in [0.1, 0.15) is 94.4 Å². The van der Waals surface area contributed by atoms with Crippen LogP contribution in [0.5, 0.6) is 0 Å². The van der Waals surface area contributed by atoms with Crippen LogP contribution in [0, 0.1) is 16.7 Å². The molecule has 20 nitrogen and oxygen atoms in total. The van der Waals surface area contributed by atoms with E-state index in [2.05, 4.69) is 97.4 Å². The van der Waals surface area contributed by atoms with Crippen LogP contribution in [-0.2, 0) is 95.0 Å². The zero-order valence-corrected chi connectivity index (χ0v) is 62.1. The third-order valence-corrected chi connectivity index (χ3v) is 16.3. The van der Waals surface area contributed by atoms with Gasteiger partial charge in [0.1, 0.15) is 37.8 Å². The first-order chi connectivity index (χ1) is 52.6. The molecule has 0 aromatic carbocycles. The molecule has 5 rings (SSSR count). The topological polar surface area (TPSA) is 216 Å². The first kappa shape index (κ1) is 108. The van der Waals surface area contributed by atoms with Crippen LogP contribution in [0.3, 0.4) is 0 Å². The second-order valence-electron chi connectivity index (χ2n) is 27.8. The Kier molecular flexibility index (Phi) is 34.0. The molecule has 4 saturated heterocycles. The number of methoxy groups -OCH3 is 1. The van der Waals surface area contributed by atoms with Crippen molar-refractivity contribution in [1.29, 1.82) is 0 Å².